The van der Waals surface area contributed by atoms with E-state index in [4.69, 9.17) is 0 Å². The van der Waals surface area contributed by atoms with Gasteiger partial charge in [-0.15, -0.1) is 0 Å². The molecule has 164 valence electrons. The standard InChI is InChI=1S/C24H26N6O2/c1-14-4-5-15(22(32)26-3)10-20(14)30-23-27-7-6-19(29-23)16-8-17(11-25)21-18(9-16)24(2,13-31)12-28-21/h4-10,22,26,28,31-32H,12-13H2,1-3H3,(H,27,29,30)/t22?,24-/m1/s1. The molecule has 0 saturated carbocycles. The smallest absolute Gasteiger partial charge is 0.227 e. The number of fused-ring (bicyclic) bond motifs is 1. The molecule has 2 atom stereocenters. The van der Waals surface area contributed by atoms with E-state index in [0.717, 1.165) is 33.6 Å². The summed E-state index contributed by atoms with van der Waals surface area (Å²) >= 11 is 0. The molecular formula is C24H26N6O2. The predicted octanol–water partition coefficient (Wildman–Crippen LogP) is 2.95. The van der Waals surface area contributed by atoms with Crippen LogP contribution in [0.25, 0.3) is 11.3 Å². The Kier molecular flexibility index (Phi) is 5.80. The molecule has 32 heavy (non-hydrogen) atoms. The highest BCUT2D eigenvalue weighted by atomic mass is 16.3. The molecule has 0 aliphatic carbocycles. The van der Waals surface area contributed by atoms with E-state index >= 15 is 0 Å². The van der Waals surface area contributed by atoms with E-state index in [2.05, 4.69) is 32.0 Å². The molecule has 5 N–H and O–H groups in total. The Morgan fingerprint density at radius 3 is 2.81 bits per heavy atom. The molecule has 0 radical (unpaired) electrons. The zero-order valence-electron chi connectivity index (χ0n) is 18.3. The maximum atomic E-state index is 10.1. The Morgan fingerprint density at radius 2 is 2.09 bits per heavy atom. The van der Waals surface area contributed by atoms with Crippen molar-refractivity contribution >= 4 is 17.3 Å². The molecule has 1 unspecified atom stereocenters. The Labute approximate surface area is 187 Å². The Bertz CT molecular complexity index is 1210. The van der Waals surface area contributed by atoms with Crippen molar-refractivity contribution in [1.29, 1.82) is 5.26 Å². The Balaban J connectivity index is 1.71. The van der Waals surface area contributed by atoms with Gasteiger partial charge in [0, 0.05) is 29.4 Å². The molecule has 0 amide bonds. The van der Waals surface area contributed by atoms with E-state index in [-0.39, 0.29) is 6.61 Å². The normalized spacial score (nSPS) is 17.9. The third kappa shape index (κ3) is 3.89. The average Bonchev–Trinajstić information content (AvgIpc) is 3.16. The monoisotopic (exact) mass is 430 g/mol. The maximum absolute atomic E-state index is 10.1. The van der Waals surface area contributed by atoms with Crippen LogP contribution in [-0.2, 0) is 5.41 Å². The summed E-state index contributed by atoms with van der Waals surface area (Å²) in [5, 5.41) is 39.0. The summed E-state index contributed by atoms with van der Waals surface area (Å²) in [5.74, 6) is 0.406. The molecule has 2 aromatic carbocycles. The fourth-order valence-electron chi connectivity index (χ4n) is 3.88. The predicted molar refractivity (Wildman–Crippen MR) is 124 cm³/mol. The lowest BCUT2D eigenvalue weighted by Crippen LogP contribution is -2.28. The second-order valence-electron chi connectivity index (χ2n) is 8.29. The first-order valence-electron chi connectivity index (χ1n) is 10.4. The number of aliphatic hydroxyl groups is 2. The minimum absolute atomic E-state index is 0.0218. The van der Waals surface area contributed by atoms with Crippen LogP contribution in [0.15, 0.2) is 42.6 Å². The largest absolute Gasteiger partial charge is 0.395 e. The zero-order valence-corrected chi connectivity index (χ0v) is 18.3. The topological polar surface area (TPSA) is 126 Å². The van der Waals surface area contributed by atoms with Gasteiger partial charge in [-0.2, -0.15) is 5.26 Å². The van der Waals surface area contributed by atoms with Gasteiger partial charge in [0.1, 0.15) is 12.3 Å². The summed E-state index contributed by atoms with van der Waals surface area (Å²) in [6.45, 7) is 4.48. The van der Waals surface area contributed by atoms with Gasteiger partial charge in [0.15, 0.2) is 0 Å². The first kappa shape index (κ1) is 21.7. The number of nitriles is 1. The van der Waals surface area contributed by atoms with Gasteiger partial charge < -0.3 is 20.8 Å². The quantitative estimate of drug-likeness (QED) is 0.378. The zero-order chi connectivity index (χ0) is 22.9. The fraction of sp³-hybridized carbons (Fsp3) is 0.292. The van der Waals surface area contributed by atoms with E-state index in [0.29, 0.717) is 23.8 Å². The second kappa shape index (κ2) is 8.55. The molecule has 8 nitrogen and oxygen atoms in total. The summed E-state index contributed by atoms with van der Waals surface area (Å²) < 4.78 is 0. The van der Waals surface area contributed by atoms with E-state index < -0.39 is 11.6 Å². The number of rotatable bonds is 6. The van der Waals surface area contributed by atoms with Crippen LogP contribution >= 0.6 is 0 Å². The third-order valence-electron chi connectivity index (χ3n) is 5.96. The number of nitrogens with zero attached hydrogens (tertiary/aromatic N) is 3. The van der Waals surface area contributed by atoms with Crippen LogP contribution in [0.2, 0.25) is 0 Å². The van der Waals surface area contributed by atoms with Crippen molar-refractivity contribution in [1.82, 2.24) is 15.3 Å². The van der Waals surface area contributed by atoms with Gasteiger partial charge in [-0.25, -0.2) is 9.97 Å². The van der Waals surface area contributed by atoms with Crippen molar-refractivity contribution < 1.29 is 10.2 Å². The molecule has 8 heteroatoms. The van der Waals surface area contributed by atoms with Gasteiger partial charge in [-0.05, 0) is 54.9 Å². The number of anilines is 3. The van der Waals surface area contributed by atoms with Crippen LogP contribution in [0.4, 0.5) is 17.3 Å². The first-order chi connectivity index (χ1) is 15.4. The van der Waals surface area contributed by atoms with E-state index in [1.165, 1.54) is 0 Å². The van der Waals surface area contributed by atoms with Crippen molar-refractivity contribution in [3.8, 4) is 17.3 Å². The Morgan fingerprint density at radius 1 is 1.28 bits per heavy atom. The van der Waals surface area contributed by atoms with E-state index in [9.17, 15) is 15.5 Å². The van der Waals surface area contributed by atoms with Crippen LogP contribution in [0, 0.1) is 18.3 Å². The number of hydrogen-bond donors (Lipinski definition) is 5. The van der Waals surface area contributed by atoms with Crippen molar-refractivity contribution in [2.24, 2.45) is 0 Å². The summed E-state index contributed by atoms with van der Waals surface area (Å²) in [5.41, 5.74) is 5.69. The third-order valence-corrected chi connectivity index (χ3v) is 5.96. The second-order valence-corrected chi connectivity index (χ2v) is 8.29. The number of benzene rings is 2. The highest BCUT2D eigenvalue weighted by molar-refractivity contribution is 5.76. The maximum Gasteiger partial charge on any atom is 0.227 e. The van der Waals surface area contributed by atoms with Crippen molar-refractivity contribution in [3.05, 3.63) is 64.8 Å². The van der Waals surface area contributed by atoms with Crippen LogP contribution in [0.1, 0.15) is 35.4 Å². The highest BCUT2D eigenvalue weighted by Crippen LogP contribution is 2.41. The molecule has 1 aromatic heterocycles. The van der Waals surface area contributed by atoms with Crippen LogP contribution < -0.4 is 16.0 Å². The van der Waals surface area contributed by atoms with Crippen molar-refractivity contribution in [2.45, 2.75) is 25.5 Å². The molecule has 0 fully saturated rings. The molecule has 1 aliphatic rings. The lowest BCUT2D eigenvalue weighted by molar-refractivity contribution is 0.149. The molecule has 4 rings (SSSR count). The van der Waals surface area contributed by atoms with E-state index in [1.54, 1.807) is 25.4 Å². The van der Waals surface area contributed by atoms with Crippen molar-refractivity contribution in [3.63, 3.8) is 0 Å². The lowest BCUT2D eigenvalue weighted by Gasteiger charge is -2.21. The summed E-state index contributed by atoms with van der Waals surface area (Å²) in [6, 6.07) is 13.5. The van der Waals surface area contributed by atoms with Gasteiger partial charge >= 0.3 is 0 Å². The van der Waals surface area contributed by atoms with Gasteiger partial charge in [0.2, 0.25) is 5.95 Å². The number of hydrogen-bond acceptors (Lipinski definition) is 8. The first-order valence-corrected chi connectivity index (χ1v) is 10.4. The van der Waals surface area contributed by atoms with Crippen molar-refractivity contribution in [2.75, 3.05) is 30.8 Å². The van der Waals surface area contributed by atoms with Crippen LogP contribution in [0.5, 0.6) is 0 Å². The average molecular weight is 431 g/mol. The Hall–Kier alpha value is -3.51. The summed E-state index contributed by atoms with van der Waals surface area (Å²) in [7, 11) is 1.69. The minimum atomic E-state index is -0.770. The van der Waals surface area contributed by atoms with E-state index in [1.807, 2.05) is 38.1 Å². The number of nitrogens with one attached hydrogen (secondary N) is 3. The number of aromatic nitrogens is 2. The molecular weight excluding hydrogens is 404 g/mol. The molecule has 2 heterocycles. The number of aryl methyl sites for hydroxylation is 1. The van der Waals surface area contributed by atoms with Crippen LogP contribution in [-0.4, -0.2) is 40.4 Å². The van der Waals surface area contributed by atoms with Crippen LogP contribution in [0.3, 0.4) is 0 Å². The van der Waals surface area contributed by atoms with Gasteiger partial charge in [0.25, 0.3) is 0 Å². The summed E-state index contributed by atoms with van der Waals surface area (Å²) in [6.07, 6.45) is 0.892. The molecule has 0 saturated heterocycles. The fourth-order valence-corrected chi connectivity index (χ4v) is 3.88. The molecule has 0 spiro atoms. The molecule has 3 aromatic rings. The molecule has 1 aliphatic heterocycles. The van der Waals surface area contributed by atoms with Gasteiger partial charge in [0.05, 0.1) is 23.6 Å². The SMILES string of the molecule is CNC(O)c1ccc(C)c(Nc2nccc(-c3cc(C#N)c4c(c3)[C@@](C)(CO)CN4)n2)c1. The minimum Gasteiger partial charge on any atom is -0.395 e. The summed E-state index contributed by atoms with van der Waals surface area (Å²) in [4.78, 5) is 8.99. The molecule has 0 bridgehead atoms. The highest BCUT2D eigenvalue weighted by Gasteiger charge is 2.35. The van der Waals surface area contributed by atoms with Gasteiger partial charge in [-0.3, -0.25) is 5.32 Å². The lowest BCUT2D eigenvalue weighted by atomic mass is 9.83. The van der Waals surface area contributed by atoms with Gasteiger partial charge in [-0.1, -0.05) is 19.1 Å². The number of aliphatic hydroxyl groups excluding tert-OH is 2.